The number of fused-ring (bicyclic) bond motifs is 2. The van der Waals surface area contributed by atoms with Crippen molar-refractivity contribution in [3.05, 3.63) is 24.3 Å². The highest BCUT2D eigenvalue weighted by Crippen LogP contribution is 2.33. The summed E-state index contributed by atoms with van der Waals surface area (Å²) < 4.78 is 0. The molecule has 1 aromatic rings. The Bertz CT molecular complexity index is 602. The summed E-state index contributed by atoms with van der Waals surface area (Å²) in [6.45, 7) is 0. The molecular formula is C18H26ClN3O2S. The van der Waals surface area contributed by atoms with E-state index >= 15 is 0 Å². The van der Waals surface area contributed by atoms with Crippen molar-refractivity contribution < 1.29 is 9.59 Å². The van der Waals surface area contributed by atoms with Crippen molar-refractivity contribution in [2.24, 2.45) is 11.7 Å². The van der Waals surface area contributed by atoms with Crippen molar-refractivity contribution in [2.75, 3.05) is 11.1 Å². The summed E-state index contributed by atoms with van der Waals surface area (Å²) in [5.74, 6) is 0.895. The highest BCUT2D eigenvalue weighted by atomic mass is 35.5. The van der Waals surface area contributed by atoms with Crippen molar-refractivity contribution in [3.8, 4) is 0 Å². The van der Waals surface area contributed by atoms with Gasteiger partial charge in [0.1, 0.15) is 0 Å². The second-order valence-corrected chi connectivity index (χ2v) is 7.93. The summed E-state index contributed by atoms with van der Waals surface area (Å²) in [5.41, 5.74) is 6.01. The quantitative estimate of drug-likeness (QED) is 0.632. The zero-order valence-electron chi connectivity index (χ0n) is 14.2. The SMILES string of the molecule is Cl.NC(=O)CCSc1ccccc1NC(=O)CC1CC2CCC(C1)N2. The third-order valence-electron chi connectivity index (χ3n) is 4.81. The number of primary amides is 1. The summed E-state index contributed by atoms with van der Waals surface area (Å²) in [5, 5.41) is 6.66. The summed E-state index contributed by atoms with van der Waals surface area (Å²) >= 11 is 1.55. The maximum Gasteiger partial charge on any atom is 0.224 e. The Morgan fingerprint density at radius 3 is 2.56 bits per heavy atom. The first-order chi connectivity index (χ1) is 11.6. The van der Waals surface area contributed by atoms with Crippen LogP contribution >= 0.6 is 24.2 Å². The number of thioether (sulfide) groups is 1. The van der Waals surface area contributed by atoms with Gasteiger partial charge in [0.05, 0.1) is 5.69 Å². The zero-order chi connectivity index (χ0) is 16.9. The lowest BCUT2D eigenvalue weighted by atomic mass is 9.89. The van der Waals surface area contributed by atoms with Crippen LogP contribution in [0.4, 0.5) is 5.69 Å². The van der Waals surface area contributed by atoms with Crippen molar-refractivity contribution >= 4 is 41.7 Å². The number of hydrogen-bond donors (Lipinski definition) is 3. The number of benzene rings is 1. The van der Waals surface area contributed by atoms with E-state index in [4.69, 9.17) is 5.73 Å². The number of nitrogens with one attached hydrogen (secondary N) is 2. The van der Waals surface area contributed by atoms with Gasteiger partial charge in [0.15, 0.2) is 0 Å². The normalized spacial score (nSPS) is 24.4. The van der Waals surface area contributed by atoms with Crippen molar-refractivity contribution in [1.82, 2.24) is 5.32 Å². The van der Waals surface area contributed by atoms with E-state index in [0.717, 1.165) is 23.4 Å². The summed E-state index contributed by atoms with van der Waals surface area (Å²) in [7, 11) is 0. The van der Waals surface area contributed by atoms with Crippen LogP contribution < -0.4 is 16.4 Å². The monoisotopic (exact) mass is 383 g/mol. The highest BCUT2D eigenvalue weighted by Gasteiger charge is 2.34. The topological polar surface area (TPSA) is 84.2 Å². The molecule has 0 aromatic heterocycles. The van der Waals surface area contributed by atoms with Crippen LogP contribution in [0.25, 0.3) is 0 Å². The number of nitrogens with two attached hydrogens (primary N) is 1. The number of piperidine rings is 1. The lowest BCUT2D eigenvalue weighted by Gasteiger charge is -2.28. The molecule has 2 saturated heterocycles. The molecular weight excluding hydrogens is 358 g/mol. The van der Waals surface area contributed by atoms with Gasteiger partial charge in [0.2, 0.25) is 11.8 Å². The molecule has 2 fully saturated rings. The number of anilines is 1. The van der Waals surface area contributed by atoms with Crippen LogP contribution in [0.3, 0.4) is 0 Å². The number of amides is 2. The van der Waals surface area contributed by atoms with Crippen LogP contribution in [-0.4, -0.2) is 29.7 Å². The molecule has 2 heterocycles. The molecule has 2 atom stereocenters. The first-order valence-electron chi connectivity index (χ1n) is 8.66. The predicted octanol–water partition coefficient (Wildman–Crippen LogP) is 2.94. The maximum atomic E-state index is 12.4. The Morgan fingerprint density at radius 1 is 1.20 bits per heavy atom. The first kappa shape index (κ1) is 20.1. The van der Waals surface area contributed by atoms with Crippen LogP contribution in [0.15, 0.2) is 29.2 Å². The molecule has 138 valence electrons. The average Bonchev–Trinajstić information content (AvgIpc) is 2.87. The van der Waals surface area contributed by atoms with E-state index in [9.17, 15) is 9.59 Å². The molecule has 0 aliphatic carbocycles. The van der Waals surface area contributed by atoms with Gasteiger partial charge >= 0.3 is 0 Å². The van der Waals surface area contributed by atoms with E-state index < -0.39 is 0 Å². The summed E-state index contributed by atoms with van der Waals surface area (Å²) in [4.78, 5) is 24.3. The molecule has 3 rings (SSSR count). The van der Waals surface area contributed by atoms with Gasteiger partial charge in [-0.3, -0.25) is 9.59 Å². The van der Waals surface area contributed by atoms with Crippen LogP contribution in [0.5, 0.6) is 0 Å². The van der Waals surface area contributed by atoms with Crippen molar-refractivity contribution in [2.45, 2.75) is 55.5 Å². The van der Waals surface area contributed by atoms with Crippen LogP contribution in [0.2, 0.25) is 0 Å². The molecule has 5 nitrogen and oxygen atoms in total. The molecule has 2 amide bonds. The van der Waals surface area contributed by atoms with Gasteiger partial charge < -0.3 is 16.4 Å². The van der Waals surface area contributed by atoms with E-state index in [1.54, 1.807) is 11.8 Å². The number of rotatable bonds is 7. The second-order valence-electron chi connectivity index (χ2n) is 6.79. The van der Waals surface area contributed by atoms with E-state index in [1.165, 1.54) is 12.8 Å². The average molecular weight is 384 g/mol. The van der Waals surface area contributed by atoms with Gasteiger partial charge in [-0.25, -0.2) is 0 Å². The standard InChI is InChI=1S/C18H25N3O2S.ClH/c19-17(22)7-8-24-16-4-2-1-3-15(16)21-18(23)11-12-9-13-5-6-14(10-12)20-13;/h1-4,12-14,20H,5-11H2,(H2,19,22)(H,21,23);1H. The van der Waals surface area contributed by atoms with E-state index in [1.807, 2.05) is 24.3 Å². The van der Waals surface area contributed by atoms with E-state index in [-0.39, 0.29) is 24.2 Å². The number of carbonyl (C=O) groups is 2. The van der Waals surface area contributed by atoms with Gasteiger partial charge in [0.25, 0.3) is 0 Å². The number of hydrogen-bond acceptors (Lipinski definition) is 4. The van der Waals surface area contributed by atoms with Gasteiger partial charge in [-0.15, -0.1) is 24.2 Å². The Kier molecular flexibility index (Phi) is 7.59. The van der Waals surface area contributed by atoms with Gasteiger partial charge in [-0.1, -0.05) is 12.1 Å². The number of halogens is 1. The molecule has 2 aliphatic rings. The van der Waals surface area contributed by atoms with Crippen LogP contribution in [0.1, 0.15) is 38.5 Å². The smallest absolute Gasteiger partial charge is 0.224 e. The van der Waals surface area contributed by atoms with Crippen LogP contribution in [-0.2, 0) is 9.59 Å². The summed E-state index contributed by atoms with van der Waals surface area (Å²) in [6.07, 6.45) is 5.65. The minimum atomic E-state index is -0.301. The van der Waals surface area contributed by atoms with Gasteiger partial charge in [0, 0.05) is 35.6 Å². The van der Waals surface area contributed by atoms with Gasteiger partial charge in [-0.05, 0) is 43.7 Å². The second kappa shape index (κ2) is 9.46. The molecule has 2 aliphatic heterocycles. The molecule has 2 unspecified atom stereocenters. The molecule has 7 heteroatoms. The summed E-state index contributed by atoms with van der Waals surface area (Å²) in [6, 6.07) is 8.95. The van der Waals surface area contributed by atoms with Gasteiger partial charge in [-0.2, -0.15) is 0 Å². The lowest BCUT2D eigenvalue weighted by Crippen LogP contribution is -2.39. The third-order valence-corrected chi connectivity index (χ3v) is 5.89. The number of carbonyl (C=O) groups excluding carboxylic acids is 2. The minimum absolute atomic E-state index is 0. The molecule has 0 saturated carbocycles. The molecule has 0 spiro atoms. The highest BCUT2D eigenvalue weighted by molar-refractivity contribution is 7.99. The molecule has 2 bridgehead atoms. The Labute approximate surface area is 159 Å². The fourth-order valence-electron chi connectivity index (χ4n) is 3.76. The first-order valence-corrected chi connectivity index (χ1v) is 9.64. The fourth-order valence-corrected chi connectivity index (χ4v) is 4.74. The fraction of sp³-hybridized carbons (Fsp3) is 0.556. The maximum absolute atomic E-state index is 12.4. The number of para-hydroxylation sites is 1. The zero-order valence-corrected chi connectivity index (χ0v) is 15.8. The van der Waals surface area contributed by atoms with Crippen molar-refractivity contribution in [3.63, 3.8) is 0 Å². The Morgan fingerprint density at radius 2 is 1.88 bits per heavy atom. The Hall–Kier alpha value is -1.24. The third kappa shape index (κ3) is 5.90. The Balaban J connectivity index is 0.00000225. The van der Waals surface area contributed by atoms with Crippen LogP contribution in [0, 0.1) is 5.92 Å². The van der Waals surface area contributed by atoms with E-state index in [0.29, 0.717) is 36.6 Å². The van der Waals surface area contributed by atoms with Crippen molar-refractivity contribution in [1.29, 1.82) is 0 Å². The van der Waals surface area contributed by atoms with E-state index in [2.05, 4.69) is 10.6 Å². The lowest BCUT2D eigenvalue weighted by molar-refractivity contribution is -0.118. The predicted molar refractivity (Wildman–Crippen MR) is 104 cm³/mol. The molecule has 25 heavy (non-hydrogen) atoms. The molecule has 0 radical (unpaired) electrons. The molecule has 4 N–H and O–H groups in total. The molecule has 1 aromatic carbocycles. The largest absolute Gasteiger partial charge is 0.370 e. The minimum Gasteiger partial charge on any atom is -0.370 e.